The standard InChI is InChI=1S/C27H26Cl2N4O6/c1-37-23-10-7-17(13-24(23)38-2)11-12-30-26(35)27(36)33-31-15-18-5-3-4-6-22(18)39-16-25(34)32-19-8-9-20(28)21(29)14-19/h3-10,13-15H,11-12,16H2,1-2H3,(H,30,35)(H,32,34)(H,33,36)/b31-15-. The molecule has 0 aromatic heterocycles. The van der Waals surface area contributed by atoms with Crippen LogP contribution >= 0.6 is 23.2 Å². The number of methoxy groups -OCH3 is 2. The van der Waals surface area contributed by atoms with Gasteiger partial charge in [-0.2, -0.15) is 5.10 Å². The normalized spacial score (nSPS) is 10.6. The molecule has 0 unspecified atom stereocenters. The highest BCUT2D eigenvalue weighted by atomic mass is 35.5. The van der Waals surface area contributed by atoms with Gasteiger partial charge < -0.3 is 24.8 Å². The maximum Gasteiger partial charge on any atom is 0.329 e. The van der Waals surface area contributed by atoms with Crippen LogP contribution in [0, 0.1) is 0 Å². The summed E-state index contributed by atoms with van der Waals surface area (Å²) in [6.45, 7) is -0.0631. The second-order valence-electron chi connectivity index (χ2n) is 7.90. The van der Waals surface area contributed by atoms with E-state index in [1.807, 2.05) is 6.07 Å². The summed E-state index contributed by atoms with van der Waals surface area (Å²) < 4.78 is 16.0. The van der Waals surface area contributed by atoms with Gasteiger partial charge in [0.15, 0.2) is 18.1 Å². The number of ether oxygens (including phenoxy) is 3. The molecule has 0 fully saturated rings. The molecule has 12 heteroatoms. The summed E-state index contributed by atoms with van der Waals surface area (Å²) in [5.41, 5.74) is 4.02. The van der Waals surface area contributed by atoms with Crippen LogP contribution in [0.4, 0.5) is 5.69 Å². The maximum absolute atomic E-state index is 12.3. The summed E-state index contributed by atoms with van der Waals surface area (Å²) >= 11 is 11.8. The van der Waals surface area contributed by atoms with Crippen molar-refractivity contribution in [1.82, 2.24) is 10.7 Å². The molecule has 0 atom stereocenters. The van der Waals surface area contributed by atoms with E-state index in [1.165, 1.54) is 19.4 Å². The van der Waals surface area contributed by atoms with Gasteiger partial charge >= 0.3 is 11.8 Å². The average Bonchev–Trinajstić information content (AvgIpc) is 2.94. The summed E-state index contributed by atoms with van der Waals surface area (Å²) in [5.74, 6) is -0.669. The predicted octanol–water partition coefficient (Wildman–Crippen LogP) is 3.84. The topological polar surface area (TPSA) is 127 Å². The Balaban J connectivity index is 1.46. The van der Waals surface area contributed by atoms with Crippen LogP contribution in [0.5, 0.6) is 17.2 Å². The minimum absolute atomic E-state index is 0.229. The van der Waals surface area contributed by atoms with Crippen molar-refractivity contribution in [2.24, 2.45) is 5.10 Å². The number of carbonyl (C=O) groups excluding carboxylic acids is 3. The van der Waals surface area contributed by atoms with E-state index < -0.39 is 17.7 Å². The molecule has 0 bridgehead atoms. The highest BCUT2D eigenvalue weighted by molar-refractivity contribution is 6.42. The van der Waals surface area contributed by atoms with Gasteiger partial charge in [-0.25, -0.2) is 5.43 Å². The lowest BCUT2D eigenvalue weighted by molar-refractivity contribution is -0.139. The first-order chi connectivity index (χ1) is 18.8. The number of hydrazone groups is 1. The Kier molecular flexibility index (Phi) is 11.0. The number of amides is 3. The Hall–Kier alpha value is -4.28. The molecule has 0 saturated carbocycles. The molecule has 3 amide bonds. The van der Waals surface area contributed by atoms with Crippen molar-refractivity contribution in [2.75, 3.05) is 32.7 Å². The lowest BCUT2D eigenvalue weighted by Gasteiger charge is -2.10. The number of para-hydroxylation sites is 1. The van der Waals surface area contributed by atoms with Gasteiger partial charge in [0.25, 0.3) is 5.91 Å². The minimum atomic E-state index is -0.932. The molecule has 204 valence electrons. The molecule has 0 saturated heterocycles. The number of nitrogens with one attached hydrogen (secondary N) is 3. The molecule has 3 rings (SSSR count). The van der Waals surface area contributed by atoms with E-state index in [1.54, 1.807) is 55.6 Å². The molecular weight excluding hydrogens is 547 g/mol. The highest BCUT2D eigenvalue weighted by Crippen LogP contribution is 2.27. The third-order valence-electron chi connectivity index (χ3n) is 5.20. The fourth-order valence-corrected chi connectivity index (χ4v) is 3.58. The lowest BCUT2D eigenvalue weighted by atomic mass is 10.1. The van der Waals surface area contributed by atoms with Crippen molar-refractivity contribution in [3.63, 3.8) is 0 Å². The third kappa shape index (κ3) is 8.91. The summed E-state index contributed by atoms with van der Waals surface area (Å²) in [4.78, 5) is 36.5. The van der Waals surface area contributed by atoms with Gasteiger partial charge in [0, 0.05) is 17.8 Å². The van der Waals surface area contributed by atoms with Crippen molar-refractivity contribution in [3.05, 3.63) is 81.8 Å². The molecule has 0 aliphatic heterocycles. The molecule has 3 aromatic rings. The quantitative estimate of drug-likeness (QED) is 0.182. The van der Waals surface area contributed by atoms with Crippen LogP contribution in [-0.2, 0) is 20.8 Å². The largest absolute Gasteiger partial charge is 0.493 e. The van der Waals surface area contributed by atoms with E-state index in [-0.39, 0.29) is 13.2 Å². The Morgan fingerprint density at radius 3 is 2.38 bits per heavy atom. The summed E-state index contributed by atoms with van der Waals surface area (Å²) in [6.07, 6.45) is 1.78. The van der Waals surface area contributed by atoms with E-state index in [0.717, 1.165) is 5.56 Å². The van der Waals surface area contributed by atoms with Crippen molar-refractivity contribution in [2.45, 2.75) is 6.42 Å². The zero-order chi connectivity index (χ0) is 28.2. The van der Waals surface area contributed by atoms with Gasteiger partial charge in [-0.3, -0.25) is 14.4 Å². The first-order valence-electron chi connectivity index (χ1n) is 11.6. The van der Waals surface area contributed by atoms with Crippen molar-refractivity contribution in [1.29, 1.82) is 0 Å². The van der Waals surface area contributed by atoms with E-state index in [2.05, 4.69) is 21.2 Å². The molecule has 10 nitrogen and oxygen atoms in total. The molecular formula is C27H26Cl2N4O6. The second kappa shape index (κ2) is 14.6. The molecule has 3 aromatic carbocycles. The van der Waals surface area contributed by atoms with Crippen LogP contribution in [0.1, 0.15) is 11.1 Å². The van der Waals surface area contributed by atoms with E-state index in [4.69, 9.17) is 37.4 Å². The number of nitrogens with zero attached hydrogens (tertiary/aromatic N) is 1. The third-order valence-corrected chi connectivity index (χ3v) is 5.94. The molecule has 0 spiro atoms. The van der Waals surface area contributed by atoms with Gasteiger partial charge in [0.05, 0.1) is 30.5 Å². The SMILES string of the molecule is COc1ccc(CCNC(=O)C(=O)N/N=C\c2ccccc2OCC(=O)Nc2ccc(Cl)c(Cl)c2)cc1OC. The first kappa shape index (κ1) is 29.3. The second-order valence-corrected chi connectivity index (χ2v) is 8.71. The Bertz CT molecular complexity index is 1370. The zero-order valence-corrected chi connectivity index (χ0v) is 22.6. The lowest BCUT2D eigenvalue weighted by Crippen LogP contribution is -2.38. The number of anilines is 1. The number of halogens is 2. The van der Waals surface area contributed by atoms with Crippen LogP contribution in [-0.4, -0.2) is 51.3 Å². The van der Waals surface area contributed by atoms with Crippen LogP contribution in [0.2, 0.25) is 10.0 Å². The molecule has 39 heavy (non-hydrogen) atoms. The summed E-state index contributed by atoms with van der Waals surface area (Å²) in [5, 5.41) is 9.69. The van der Waals surface area contributed by atoms with E-state index in [0.29, 0.717) is 45.0 Å². The fraction of sp³-hybridized carbons (Fsp3) is 0.185. The number of carbonyl (C=O) groups is 3. The molecule has 0 aliphatic carbocycles. The highest BCUT2D eigenvalue weighted by Gasteiger charge is 2.13. The number of rotatable bonds is 11. The molecule has 3 N–H and O–H groups in total. The minimum Gasteiger partial charge on any atom is -0.493 e. The van der Waals surface area contributed by atoms with Crippen molar-refractivity contribution < 1.29 is 28.6 Å². The van der Waals surface area contributed by atoms with Gasteiger partial charge in [-0.15, -0.1) is 0 Å². The molecule has 0 aliphatic rings. The van der Waals surface area contributed by atoms with Crippen molar-refractivity contribution >= 4 is 52.8 Å². The Morgan fingerprint density at radius 2 is 1.64 bits per heavy atom. The summed E-state index contributed by atoms with van der Waals surface area (Å²) in [7, 11) is 3.08. The molecule has 0 heterocycles. The van der Waals surface area contributed by atoms with Gasteiger partial charge in [0.2, 0.25) is 0 Å². The number of hydrogen-bond acceptors (Lipinski definition) is 7. The molecule has 0 radical (unpaired) electrons. The van der Waals surface area contributed by atoms with E-state index >= 15 is 0 Å². The van der Waals surface area contributed by atoms with Gasteiger partial charge in [0.1, 0.15) is 5.75 Å². The summed E-state index contributed by atoms with van der Waals surface area (Å²) in [6, 6.07) is 16.9. The van der Waals surface area contributed by atoms with Crippen LogP contribution in [0.3, 0.4) is 0 Å². The fourth-order valence-electron chi connectivity index (χ4n) is 3.28. The van der Waals surface area contributed by atoms with Crippen LogP contribution in [0.15, 0.2) is 65.8 Å². The number of benzene rings is 3. The average molecular weight is 573 g/mol. The Labute approximate surface area is 235 Å². The van der Waals surface area contributed by atoms with Gasteiger partial charge in [-0.1, -0.05) is 41.4 Å². The van der Waals surface area contributed by atoms with Crippen molar-refractivity contribution in [3.8, 4) is 17.2 Å². The first-order valence-corrected chi connectivity index (χ1v) is 12.3. The Morgan fingerprint density at radius 1 is 0.872 bits per heavy atom. The smallest absolute Gasteiger partial charge is 0.329 e. The predicted molar refractivity (Wildman–Crippen MR) is 149 cm³/mol. The van der Waals surface area contributed by atoms with Crippen LogP contribution < -0.4 is 30.3 Å². The van der Waals surface area contributed by atoms with E-state index in [9.17, 15) is 14.4 Å². The monoisotopic (exact) mass is 572 g/mol. The van der Waals surface area contributed by atoms with Crippen LogP contribution in [0.25, 0.3) is 0 Å². The number of hydrogen-bond donors (Lipinski definition) is 3. The maximum atomic E-state index is 12.3. The zero-order valence-electron chi connectivity index (χ0n) is 21.1. The van der Waals surface area contributed by atoms with Gasteiger partial charge in [-0.05, 0) is 54.4 Å².